The molecular weight excluding hydrogens is 557 g/mol. The molecule has 0 saturated carbocycles. The Labute approximate surface area is 227 Å². The van der Waals surface area contributed by atoms with E-state index in [0.29, 0.717) is 12.8 Å². The summed E-state index contributed by atoms with van der Waals surface area (Å²) in [6.45, 7) is 0.221. The van der Waals surface area contributed by atoms with Crippen molar-refractivity contribution in [2.45, 2.75) is 25.1 Å². The van der Waals surface area contributed by atoms with Crippen molar-refractivity contribution in [2.24, 2.45) is 5.73 Å². The van der Waals surface area contributed by atoms with Gasteiger partial charge in [-0.3, -0.25) is 9.59 Å². The number of primary amides is 1. The fraction of sp³-hybridized carbons (Fsp3) is 0.333. The van der Waals surface area contributed by atoms with E-state index in [1.807, 2.05) is 0 Å². The van der Waals surface area contributed by atoms with E-state index >= 15 is 4.39 Å². The van der Waals surface area contributed by atoms with Gasteiger partial charge in [0.05, 0.1) is 17.6 Å². The maximum Gasteiger partial charge on any atom is 0.471 e. The predicted octanol–water partition coefficient (Wildman–Crippen LogP) is 3.25. The maximum atomic E-state index is 15.2. The number of carbonyl (C=O) groups excluding carboxylic acids is 2. The quantitative estimate of drug-likeness (QED) is 0.315. The van der Waals surface area contributed by atoms with Crippen LogP contribution in [0.5, 0.6) is 0 Å². The number of alkyl halides is 3. The van der Waals surface area contributed by atoms with E-state index < -0.39 is 35.5 Å². The van der Waals surface area contributed by atoms with Crippen molar-refractivity contribution in [3.05, 3.63) is 53.8 Å². The van der Waals surface area contributed by atoms with Gasteiger partial charge in [-0.2, -0.15) is 18.2 Å². The van der Waals surface area contributed by atoms with Gasteiger partial charge in [-0.15, -0.1) is 0 Å². The number of anilines is 3. The van der Waals surface area contributed by atoms with Gasteiger partial charge in [-0.05, 0) is 36.2 Å². The van der Waals surface area contributed by atoms with E-state index in [2.05, 4.69) is 29.9 Å². The topological polar surface area (TPSA) is 148 Å². The van der Waals surface area contributed by atoms with Crippen LogP contribution in [0.3, 0.4) is 0 Å². The van der Waals surface area contributed by atoms with Crippen molar-refractivity contribution >= 4 is 40.3 Å². The Balaban J connectivity index is 1.33. The first-order valence-electron chi connectivity index (χ1n) is 12.2. The lowest BCUT2D eigenvalue weighted by Gasteiger charge is -2.31. The highest BCUT2D eigenvalue weighted by molar-refractivity contribution is 5.97. The number of rotatable bonds is 7. The number of halogens is 5. The minimum absolute atomic E-state index is 0.00339. The fourth-order valence-electron chi connectivity index (χ4n) is 4.62. The van der Waals surface area contributed by atoms with Crippen molar-refractivity contribution in [1.82, 2.24) is 29.6 Å². The highest BCUT2D eigenvalue weighted by Gasteiger charge is 2.39. The number of amides is 2. The first kappa shape index (κ1) is 27.7. The highest BCUT2D eigenvalue weighted by Crippen LogP contribution is 2.34. The molecule has 1 aliphatic rings. The maximum absolute atomic E-state index is 15.2. The molecule has 0 atom stereocenters. The molecule has 1 aliphatic heterocycles. The van der Waals surface area contributed by atoms with Gasteiger partial charge in [0.2, 0.25) is 5.91 Å². The summed E-state index contributed by atoms with van der Waals surface area (Å²) >= 11 is 0. The van der Waals surface area contributed by atoms with E-state index in [-0.39, 0.29) is 59.7 Å². The zero-order chi connectivity index (χ0) is 29.5. The molecule has 17 heteroatoms. The zero-order valence-electron chi connectivity index (χ0n) is 21.3. The van der Waals surface area contributed by atoms with Crippen LogP contribution in [-0.4, -0.2) is 68.1 Å². The fourth-order valence-corrected chi connectivity index (χ4v) is 4.62. The van der Waals surface area contributed by atoms with E-state index in [1.165, 1.54) is 31.7 Å². The molecule has 5 rings (SSSR count). The third-order valence-corrected chi connectivity index (χ3v) is 6.57. The molecule has 0 bridgehead atoms. The molecule has 0 aliphatic carbocycles. The van der Waals surface area contributed by atoms with Crippen LogP contribution in [0, 0.1) is 11.6 Å². The lowest BCUT2D eigenvalue weighted by atomic mass is 10.1. The largest absolute Gasteiger partial charge is 0.471 e. The molecule has 1 saturated heterocycles. The Morgan fingerprint density at radius 2 is 1.90 bits per heavy atom. The third kappa shape index (κ3) is 5.59. The van der Waals surface area contributed by atoms with Crippen LogP contribution in [0.1, 0.15) is 35.1 Å². The Morgan fingerprint density at radius 1 is 1.17 bits per heavy atom. The van der Waals surface area contributed by atoms with Crippen LogP contribution in [0.15, 0.2) is 35.2 Å². The molecule has 1 aromatic carbocycles. The van der Waals surface area contributed by atoms with E-state index in [9.17, 15) is 27.2 Å². The van der Waals surface area contributed by atoms with Crippen LogP contribution in [0.4, 0.5) is 39.4 Å². The first-order chi connectivity index (χ1) is 19.4. The lowest BCUT2D eigenvalue weighted by molar-refractivity contribution is -0.159. The van der Waals surface area contributed by atoms with E-state index in [4.69, 9.17) is 5.73 Å². The van der Waals surface area contributed by atoms with Gasteiger partial charge in [0, 0.05) is 37.9 Å². The van der Waals surface area contributed by atoms with Gasteiger partial charge in [-0.1, -0.05) is 0 Å². The first-order valence-corrected chi connectivity index (χ1v) is 12.2. The van der Waals surface area contributed by atoms with E-state index in [0.717, 1.165) is 11.0 Å². The van der Waals surface area contributed by atoms with E-state index in [1.54, 1.807) is 9.47 Å². The summed E-state index contributed by atoms with van der Waals surface area (Å²) in [6.07, 6.45) is -1.49. The van der Waals surface area contributed by atoms with Gasteiger partial charge in [0.25, 0.3) is 11.9 Å². The summed E-state index contributed by atoms with van der Waals surface area (Å²) in [5.41, 5.74) is 5.22. The van der Waals surface area contributed by atoms with Crippen LogP contribution in [0.2, 0.25) is 0 Å². The zero-order valence-corrected chi connectivity index (χ0v) is 21.3. The number of piperidine rings is 1. The molecule has 41 heavy (non-hydrogen) atoms. The van der Waals surface area contributed by atoms with Crippen LogP contribution in [0.25, 0.3) is 11.0 Å². The Kier molecular flexibility index (Phi) is 7.18. The summed E-state index contributed by atoms with van der Waals surface area (Å²) < 4.78 is 74.4. The molecule has 0 unspecified atom stereocenters. The summed E-state index contributed by atoms with van der Waals surface area (Å²) in [4.78, 5) is 37.7. The van der Waals surface area contributed by atoms with Crippen molar-refractivity contribution in [2.75, 3.05) is 36.9 Å². The number of nitrogens with zero attached hydrogens (tertiary/aromatic N) is 7. The number of fused-ring (bicyclic) bond motifs is 1. The number of carbonyl (C=O) groups is 2. The lowest BCUT2D eigenvalue weighted by Crippen LogP contribution is -2.35. The number of nitrogens with two attached hydrogens (primary N) is 1. The second kappa shape index (κ2) is 10.6. The molecule has 12 nitrogen and oxygen atoms in total. The van der Waals surface area contributed by atoms with Gasteiger partial charge >= 0.3 is 12.1 Å². The van der Waals surface area contributed by atoms with Crippen molar-refractivity contribution < 1.29 is 36.1 Å². The van der Waals surface area contributed by atoms with Crippen LogP contribution in [-0.2, 0) is 11.0 Å². The van der Waals surface area contributed by atoms with Crippen LogP contribution >= 0.6 is 0 Å². The highest BCUT2D eigenvalue weighted by atomic mass is 19.4. The number of aromatic nitrogens is 5. The smallest absolute Gasteiger partial charge is 0.368 e. The Bertz CT molecular complexity index is 1610. The standard InChI is InChI=1S/C24H22F5N9O3/c1-36(10-17(30)39)21(40)12-2-3-16(14(25)8-12)33-19-18-15(26)9-38(20(18)32-11-31-19)13-4-6-37(7-5-13)23-34-22(41-35-23)24(27,28)29/h2-3,8-9,11,13H,4-7,10H2,1H3,(H2,30,39)(H,31,32,33). The minimum Gasteiger partial charge on any atom is -0.368 e. The number of nitrogens with one attached hydrogen (secondary N) is 1. The second-order valence-corrected chi connectivity index (χ2v) is 9.37. The SMILES string of the molecule is CN(CC(N)=O)C(=O)c1ccc(Nc2ncnc3c2c(F)cn3C2CCN(c3noc(C(F)(F)F)n3)CC2)c(F)c1. The summed E-state index contributed by atoms with van der Waals surface area (Å²) in [7, 11) is 1.35. The van der Waals surface area contributed by atoms with Crippen molar-refractivity contribution in [3.63, 3.8) is 0 Å². The second-order valence-electron chi connectivity index (χ2n) is 9.37. The summed E-state index contributed by atoms with van der Waals surface area (Å²) in [5.74, 6) is -4.46. The molecule has 0 radical (unpaired) electrons. The molecule has 4 heterocycles. The molecule has 216 valence electrons. The minimum atomic E-state index is -4.75. The average Bonchev–Trinajstić information content (AvgIpc) is 3.55. The van der Waals surface area contributed by atoms with Crippen molar-refractivity contribution in [1.29, 1.82) is 0 Å². The Hall–Kier alpha value is -4.83. The molecule has 3 aromatic heterocycles. The van der Waals surface area contributed by atoms with Gasteiger partial charge in [0.1, 0.15) is 23.6 Å². The number of hydrogen-bond acceptors (Lipinski definition) is 9. The van der Waals surface area contributed by atoms with Gasteiger partial charge in [0.15, 0.2) is 5.82 Å². The number of likely N-dealkylation sites (N-methyl/N-ethyl adjacent to an activating group) is 1. The molecule has 2 amide bonds. The molecule has 1 fully saturated rings. The van der Waals surface area contributed by atoms with Crippen molar-refractivity contribution in [3.8, 4) is 0 Å². The number of hydrogen-bond donors (Lipinski definition) is 2. The average molecular weight is 579 g/mol. The molecule has 0 spiro atoms. The normalized spacial score (nSPS) is 14.4. The summed E-state index contributed by atoms with van der Waals surface area (Å²) in [5, 5.41) is 6.15. The molecule has 3 N–H and O–H groups in total. The Morgan fingerprint density at radius 3 is 2.54 bits per heavy atom. The van der Waals surface area contributed by atoms with Gasteiger partial charge < -0.3 is 29.9 Å². The van der Waals surface area contributed by atoms with Gasteiger partial charge in [-0.25, -0.2) is 18.7 Å². The molecule has 4 aromatic rings. The summed E-state index contributed by atoms with van der Waals surface area (Å²) in [6, 6.07) is 3.33. The number of benzene rings is 1. The molecular formula is C24H22F5N9O3. The predicted molar refractivity (Wildman–Crippen MR) is 133 cm³/mol. The third-order valence-electron chi connectivity index (χ3n) is 6.57. The van der Waals surface area contributed by atoms with Crippen LogP contribution < -0.4 is 16.0 Å². The monoisotopic (exact) mass is 579 g/mol.